The minimum Gasteiger partial charge on any atom is -0.454 e. The second-order valence-electron chi connectivity index (χ2n) is 22.5. The number of hydrogen-bond donors (Lipinski definition) is 6. The Morgan fingerprint density at radius 2 is 0.900 bits per heavy atom. The van der Waals surface area contributed by atoms with Gasteiger partial charge in [-0.15, -0.1) is 0 Å². The smallest absolute Gasteiger partial charge is 0.306 e. The van der Waals surface area contributed by atoms with Crippen molar-refractivity contribution in [2.75, 3.05) is 13.2 Å². The number of unbranched alkanes of at least 4 members (excludes halogenated alkanes) is 29. The zero-order valence-electron chi connectivity index (χ0n) is 51.2. The lowest BCUT2D eigenvalue weighted by Crippen LogP contribution is -2.61. The van der Waals surface area contributed by atoms with Gasteiger partial charge in [-0.25, -0.2) is 0 Å². The topological polar surface area (TPSA) is 175 Å². The van der Waals surface area contributed by atoms with E-state index in [0.717, 1.165) is 70.6 Å². The fraction of sp³-hybridized carbons (Fsp3) is 0.768. The van der Waals surface area contributed by atoms with Gasteiger partial charge in [0, 0.05) is 6.42 Å². The minimum atomic E-state index is -1.65. The predicted molar refractivity (Wildman–Crippen MR) is 333 cm³/mol. The highest BCUT2D eigenvalue weighted by Crippen LogP contribution is 2.26. The van der Waals surface area contributed by atoms with E-state index >= 15 is 0 Å². The summed E-state index contributed by atoms with van der Waals surface area (Å²) >= 11 is 0. The third-order valence-electron chi connectivity index (χ3n) is 15.1. The van der Waals surface area contributed by atoms with Crippen LogP contribution < -0.4 is 5.32 Å². The van der Waals surface area contributed by atoms with Crippen LogP contribution in [0.2, 0.25) is 0 Å². The molecule has 1 saturated heterocycles. The number of aliphatic hydroxyl groups excluding tert-OH is 5. The highest BCUT2D eigenvalue weighted by atomic mass is 16.7. The molecule has 0 bridgehead atoms. The summed E-state index contributed by atoms with van der Waals surface area (Å²) in [4.78, 5) is 26.6. The van der Waals surface area contributed by atoms with E-state index in [4.69, 9.17) is 14.2 Å². The molecule has 1 fully saturated rings. The van der Waals surface area contributed by atoms with Gasteiger partial charge >= 0.3 is 5.97 Å². The Bertz CT molecular complexity index is 1620. The summed E-state index contributed by atoms with van der Waals surface area (Å²) in [5.41, 5.74) is 0. The Labute approximate surface area is 489 Å². The average Bonchev–Trinajstić information content (AvgIpc) is 3.48. The van der Waals surface area contributed by atoms with Gasteiger partial charge in [0.1, 0.15) is 24.4 Å². The van der Waals surface area contributed by atoms with Gasteiger partial charge in [0.25, 0.3) is 0 Å². The average molecular weight is 1120 g/mol. The van der Waals surface area contributed by atoms with Crippen molar-refractivity contribution >= 4 is 11.9 Å². The molecule has 1 amide bonds. The number of amides is 1. The van der Waals surface area contributed by atoms with E-state index < -0.39 is 67.4 Å². The first kappa shape index (κ1) is 74.9. The standard InChI is InChI=1S/C69H121NO10/c1-4-7-10-13-16-19-22-25-27-29-31-33-34-36-38-41-44-47-50-53-56-62(73)68(77)70-60(61(72)55-52-49-46-43-40-24-21-18-15-12-9-6-3)59-78-69-67(66(76)65(75)63(58-71)79-69)80-64(74)57-54-51-48-45-42-39-37-35-32-30-28-26-23-20-17-14-11-8-5-2/h8,11,17,20,26,28,32,35,39,42,48,51-52,55,60-63,65-67,69,71-73,75-76H,4-7,9-10,12-16,18-19,21-25,27,29-31,33-34,36-38,40-41,43-47,49-50,53-54,56-59H2,1-3H3,(H,70,77)/b11-8-,20-17-,28-26-,35-32-,42-39-,51-48-,55-52+. The van der Waals surface area contributed by atoms with E-state index in [1.165, 1.54) is 154 Å². The number of nitrogens with one attached hydrogen (secondary N) is 1. The van der Waals surface area contributed by atoms with Crippen molar-refractivity contribution in [1.29, 1.82) is 0 Å². The highest BCUT2D eigenvalue weighted by Gasteiger charge is 2.47. The normalized spacial score (nSPS) is 19.3. The van der Waals surface area contributed by atoms with E-state index in [1.54, 1.807) is 6.08 Å². The van der Waals surface area contributed by atoms with Crippen molar-refractivity contribution < 1.29 is 49.3 Å². The maximum atomic E-state index is 13.5. The molecule has 1 aliphatic heterocycles. The molecule has 1 heterocycles. The molecule has 0 aliphatic carbocycles. The molecule has 0 aromatic rings. The second-order valence-corrected chi connectivity index (χ2v) is 22.5. The van der Waals surface area contributed by atoms with Crippen molar-refractivity contribution in [2.24, 2.45) is 0 Å². The molecule has 462 valence electrons. The van der Waals surface area contributed by atoms with Crippen LogP contribution in [-0.2, 0) is 23.8 Å². The van der Waals surface area contributed by atoms with Gasteiger partial charge in [-0.05, 0) is 64.2 Å². The van der Waals surface area contributed by atoms with Gasteiger partial charge in [-0.3, -0.25) is 9.59 Å². The zero-order valence-corrected chi connectivity index (χ0v) is 51.2. The fourth-order valence-electron chi connectivity index (χ4n) is 9.91. The summed E-state index contributed by atoms with van der Waals surface area (Å²) in [5, 5.41) is 57.0. The Morgan fingerprint density at radius 3 is 1.32 bits per heavy atom. The molecule has 0 saturated carbocycles. The Balaban J connectivity index is 2.68. The molecular formula is C69H121NO10. The van der Waals surface area contributed by atoms with E-state index in [2.05, 4.69) is 86.8 Å². The van der Waals surface area contributed by atoms with Crippen molar-refractivity contribution in [3.63, 3.8) is 0 Å². The Morgan fingerprint density at radius 1 is 0.500 bits per heavy atom. The van der Waals surface area contributed by atoms with Crippen molar-refractivity contribution in [1.82, 2.24) is 5.32 Å². The van der Waals surface area contributed by atoms with E-state index in [9.17, 15) is 35.1 Å². The van der Waals surface area contributed by atoms with Crippen LogP contribution in [0.5, 0.6) is 0 Å². The maximum absolute atomic E-state index is 13.5. The lowest BCUT2D eigenvalue weighted by atomic mass is 9.99. The van der Waals surface area contributed by atoms with Crippen LogP contribution in [0.15, 0.2) is 85.1 Å². The molecule has 0 spiro atoms. The summed E-state index contributed by atoms with van der Waals surface area (Å²) < 4.78 is 17.6. The molecule has 80 heavy (non-hydrogen) atoms. The summed E-state index contributed by atoms with van der Waals surface area (Å²) in [5.74, 6) is -1.28. The molecule has 0 aromatic heterocycles. The summed E-state index contributed by atoms with van der Waals surface area (Å²) in [6, 6.07) is -1.04. The molecular weight excluding hydrogens is 1000 g/mol. The first-order chi connectivity index (χ1) is 39.2. The largest absolute Gasteiger partial charge is 0.454 e. The number of allylic oxidation sites excluding steroid dienone is 13. The number of esters is 1. The minimum absolute atomic E-state index is 0.00368. The van der Waals surface area contributed by atoms with Gasteiger partial charge in [0.15, 0.2) is 12.4 Å². The molecule has 6 N–H and O–H groups in total. The van der Waals surface area contributed by atoms with Gasteiger partial charge in [-0.2, -0.15) is 0 Å². The molecule has 0 radical (unpaired) electrons. The zero-order chi connectivity index (χ0) is 58.2. The molecule has 1 rings (SSSR count). The van der Waals surface area contributed by atoms with Gasteiger partial charge in [0.2, 0.25) is 5.91 Å². The van der Waals surface area contributed by atoms with Crippen molar-refractivity contribution in [3.8, 4) is 0 Å². The van der Waals surface area contributed by atoms with E-state index in [0.29, 0.717) is 19.3 Å². The van der Waals surface area contributed by atoms with E-state index in [-0.39, 0.29) is 19.4 Å². The predicted octanol–water partition coefficient (Wildman–Crippen LogP) is 16.1. The van der Waals surface area contributed by atoms with Crippen LogP contribution >= 0.6 is 0 Å². The molecule has 8 unspecified atom stereocenters. The number of carbonyl (C=O) groups excluding carboxylic acids is 2. The van der Waals surface area contributed by atoms with Gasteiger partial charge in [0.05, 0.1) is 25.4 Å². The number of rotatable bonds is 55. The molecule has 11 nitrogen and oxygen atoms in total. The van der Waals surface area contributed by atoms with Gasteiger partial charge in [-0.1, -0.05) is 292 Å². The van der Waals surface area contributed by atoms with Crippen LogP contribution in [0.1, 0.15) is 278 Å². The van der Waals surface area contributed by atoms with E-state index in [1.807, 2.05) is 18.2 Å². The number of hydrogen-bond acceptors (Lipinski definition) is 10. The molecule has 1 aliphatic rings. The lowest BCUT2D eigenvalue weighted by molar-refractivity contribution is -0.305. The summed E-state index contributed by atoms with van der Waals surface area (Å²) in [7, 11) is 0. The van der Waals surface area contributed by atoms with Crippen LogP contribution in [0.25, 0.3) is 0 Å². The monoisotopic (exact) mass is 1120 g/mol. The lowest BCUT2D eigenvalue weighted by Gasteiger charge is -2.41. The van der Waals surface area contributed by atoms with Crippen LogP contribution in [0.3, 0.4) is 0 Å². The first-order valence-corrected chi connectivity index (χ1v) is 32.9. The Hall–Kier alpha value is -3.16. The van der Waals surface area contributed by atoms with Crippen LogP contribution in [0.4, 0.5) is 0 Å². The first-order valence-electron chi connectivity index (χ1n) is 32.9. The third-order valence-corrected chi connectivity index (χ3v) is 15.1. The third kappa shape index (κ3) is 43.5. The molecule has 11 heteroatoms. The van der Waals surface area contributed by atoms with Crippen LogP contribution in [-0.4, -0.2) is 99.6 Å². The summed E-state index contributed by atoms with van der Waals surface area (Å²) in [6.07, 6.45) is 63.5. The SMILES string of the molecule is CC/C=C\C/C=C\C/C=C\C/C=C\C/C=C\C/C=C\CCC(=O)OC1C(OCC(NC(=O)C(O)CCCCCCCCCCCCCCCCCCCCCC)C(O)/C=C/CCCCCCCCCCCC)OC(CO)C(O)C1O. The van der Waals surface area contributed by atoms with Crippen molar-refractivity contribution in [2.45, 2.75) is 327 Å². The van der Waals surface area contributed by atoms with Gasteiger partial charge < -0.3 is 45.1 Å². The van der Waals surface area contributed by atoms with Crippen molar-refractivity contribution in [3.05, 3.63) is 85.1 Å². The second kappa shape index (κ2) is 56.3. The molecule has 0 aromatic carbocycles. The summed E-state index contributed by atoms with van der Waals surface area (Å²) in [6.45, 7) is 5.66. The number of aliphatic hydroxyl groups is 5. The fourth-order valence-corrected chi connectivity index (χ4v) is 9.91. The highest BCUT2D eigenvalue weighted by molar-refractivity contribution is 5.80. The quantitative estimate of drug-likeness (QED) is 0.0195. The van der Waals surface area contributed by atoms with Crippen LogP contribution in [0, 0.1) is 0 Å². The molecule has 8 atom stereocenters. The Kier molecular flexibility index (Phi) is 52.7. The number of carbonyl (C=O) groups is 2. The maximum Gasteiger partial charge on any atom is 0.306 e. The number of ether oxygens (including phenoxy) is 3.